The Hall–Kier alpha value is -0.0900. The summed E-state index contributed by atoms with van der Waals surface area (Å²) in [5.41, 5.74) is 0. The van der Waals surface area contributed by atoms with Gasteiger partial charge in [0.25, 0.3) is 0 Å². The van der Waals surface area contributed by atoms with Crippen molar-refractivity contribution in [3.05, 3.63) is 0 Å². The lowest BCUT2D eigenvalue weighted by atomic mass is 10.1. The highest BCUT2D eigenvalue weighted by atomic mass is 32.2. The molecule has 0 rings (SSSR count). The van der Waals surface area contributed by atoms with E-state index in [2.05, 4.69) is 11.6 Å². The Balaban J connectivity index is 3.14. The first-order valence-corrected chi connectivity index (χ1v) is 8.57. The average Bonchev–Trinajstić information content (AvgIpc) is 2.31. The first-order valence-electron chi connectivity index (χ1n) is 6.96. The third-order valence-electron chi connectivity index (χ3n) is 3.03. The number of hydrogen-bond donors (Lipinski definition) is 0. The summed E-state index contributed by atoms with van der Waals surface area (Å²) in [4.78, 5) is 0. The molecule has 0 aliphatic heterocycles. The standard InChI is InChI=1S/C13H28NO2S/c1-3-4-5-6-7-8-9-10-11-12-13-17(15,16)14-2/h3-13H2,1-2H3. The highest BCUT2D eigenvalue weighted by molar-refractivity contribution is 7.89. The topological polar surface area (TPSA) is 48.2 Å². The summed E-state index contributed by atoms with van der Waals surface area (Å²) in [5, 5.41) is 0. The van der Waals surface area contributed by atoms with Crippen LogP contribution in [-0.4, -0.2) is 21.2 Å². The van der Waals surface area contributed by atoms with Gasteiger partial charge in [-0.2, -0.15) is 0 Å². The van der Waals surface area contributed by atoms with Crippen molar-refractivity contribution in [1.82, 2.24) is 4.72 Å². The van der Waals surface area contributed by atoms with Gasteiger partial charge in [-0.3, -0.25) is 0 Å². The zero-order valence-corrected chi connectivity index (χ0v) is 12.3. The normalized spacial score (nSPS) is 11.9. The molecule has 0 N–H and O–H groups in total. The van der Waals surface area contributed by atoms with Gasteiger partial charge in [-0.25, -0.2) is 8.42 Å². The molecule has 0 aliphatic rings. The number of rotatable bonds is 12. The van der Waals surface area contributed by atoms with E-state index in [1.807, 2.05) is 0 Å². The van der Waals surface area contributed by atoms with E-state index in [1.165, 1.54) is 52.0 Å². The Kier molecular flexibility index (Phi) is 11.0. The second-order valence-corrected chi connectivity index (χ2v) is 6.59. The maximum absolute atomic E-state index is 11.1. The second-order valence-electron chi connectivity index (χ2n) is 4.65. The van der Waals surface area contributed by atoms with Crippen LogP contribution >= 0.6 is 0 Å². The van der Waals surface area contributed by atoms with Gasteiger partial charge in [0.1, 0.15) is 0 Å². The lowest BCUT2D eigenvalue weighted by Gasteiger charge is -2.02. The monoisotopic (exact) mass is 262 g/mol. The molecule has 4 heteroatoms. The predicted molar refractivity (Wildman–Crippen MR) is 73.7 cm³/mol. The molecule has 0 aromatic carbocycles. The molecular weight excluding hydrogens is 234 g/mol. The van der Waals surface area contributed by atoms with E-state index in [0.717, 1.165) is 19.3 Å². The molecule has 103 valence electrons. The first kappa shape index (κ1) is 16.9. The summed E-state index contributed by atoms with van der Waals surface area (Å²) < 4.78 is 25.5. The number of nitrogens with zero attached hydrogens (tertiary/aromatic N) is 1. The molecule has 0 atom stereocenters. The van der Waals surface area contributed by atoms with Crippen LogP contribution in [0.15, 0.2) is 0 Å². The van der Waals surface area contributed by atoms with Gasteiger partial charge in [0, 0.05) is 7.05 Å². The van der Waals surface area contributed by atoms with E-state index >= 15 is 0 Å². The zero-order valence-electron chi connectivity index (χ0n) is 11.5. The zero-order chi connectivity index (χ0) is 13.0. The SMILES string of the molecule is CCCCCCCCCCCCS(=O)(=O)[N]C. The van der Waals surface area contributed by atoms with Crippen molar-refractivity contribution in [2.24, 2.45) is 0 Å². The van der Waals surface area contributed by atoms with Crippen LogP contribution in [0.4, 0.5) is 0 Å². The van der Waals surface area contributed by atoms with Gasteiger partial charge in [0.15, 0.2) is 0 Å². The Labute approximate surface area is 107 Å². The van der Waals surface area contributed by atoms with Gasteiger partial charge in [-0.05, 0) is 6.42 Å². The fourth-order valence-electron chi connectivity index (χ4n) is 1.86. The molecule has 0 heterocycles. The van der Waals surface area contributed by atoms with E-state index in [4.69, 9.17) is 0 Å². The van der Waals surface area contributed by atoms with Gasteiger partial charge < -0.3 is 0 Å². The first-order chi connectivity index (χ1) is 8.12. The van der Waals surface area contributed by atoms with Crippen LogP contribution in [0.1, 0.15) is 71.1 Å². The number of hydrogen-bond acceptors (Lipinski definition) is 2. The molecule has 0 aromatic heterocycles. The second kappa shape index (κ2) is 11.0. The molecule has 0 aliphatic carbocycles. The van der Waals surface area contributed by atoms with Gasteiger partial charge in [0.05, 0.1) is 5.75 Å². The molecule has 3 nitrogen and oxygen atoms in total. The van der Waals surface area contributed by atoms with E-state index in [0.29, 0.717) is 0 Å². The molecule has 17 heavy (non-hydrogen) atoms. The molecule has 0 fully saturated rings. The number of sulfonamides is 1. The van der Waals surface area contributed by atoms with Crippen molar-refractivity contribution in [2.75, 3.05) is 12.8 Å². The average molecular weight is 262 g/mol. The summed E-state index contributed by atoms with van der Waals surface area (Å²) in [6.45, 7) is 2.23. The molecule has 0 saturated heterocycles. The minimum absolute atomic E-state index is 0.222. The molecule has 0 spiro atoms. The molecule has 0 unspecified atom stereocenters. The van der Waals surface area contributed by atoms with Gasteiger partial charge in [-0.15, -0.1) is 4.72 Å². The highest BCUT2D eigenvalue weighted by Crippen LogP contribution is 2.10. The fraction of sp³-hybridized carbons (Fsp3) is 1.00. The van der Waals surface area contributed by atoms with Crippen LogP contribution in [-0.2, 0) is 10.0 Å². The molecule has 0 aromatic rings. The van der Waals surface area contributed by atoms with Gasteiger partial charge >= 0.3 is 0 Å². The van der Waals surface area contributed by atoms with Crippen LogP contribution in [0.2, 0.25) is 0 Å². The predicted octanol–water partition coefficient (Wildman–Crippen LogP) is 3.47. The summed E-state index contributed by atoms with van der Waals surface area (Å²) in [6, 6.07) is 0. The Morgan fingerprint density at radius 1 is 0.765 bits per heavy atom. The van der Waals surface area contributed by atoms with E-state index in [9.17, 15) is 8.42 Å². The third-order valence-corrected chi connectivity index (χ3v) is 4.39. The van der Waals surface area contributed by atoms with Crippen LogP contribution < -0.4 is 4.72 Å². The smallest absolute Gasteiger partial charge is 0.211 e. The molecule has 0 bridgehead atoms. The number of unbranched alkanes of at least 4 members (excludes halogenated alkanes) is 9. The quantitative estimate of drug-likeness (QED) is 0.506. The lowest BCUT2D eigenvalue weighted by molar-refractivity contribution is 0.556. The summed E-state index contributed by atoms with van der Waals surface area (Å²) in [6.07, 6.45) is 12.2. The van der Waals surface area contributed by atoms with Gasteiger partial charge in [-0.1, -0.05) is 64.7 Å². The minimum atomic E-state index is -3.10. The van der Waals surface area contributed by atoms with Gasteiger partial charge in [0.2, 0.25) is 10.0 Å². The van der Waals surface area contributed by atoms with E-state index in [-0.39, 0.29) is 5.75 Å². The third kappa shape index (κ3) is 12.2. The van der Waals surface area contributed by atoms with E-state index < -0.39 is 10.0 Å². The van der Waals surface area contributed by atoms with Crippen molar-refractivity contribution in [3.63, 3.8) is 0 Å². The van der Waals surface area contributed by atoms with Crippen LogP contribution in [0, 0.1) is 0 Å². The lowest BCUT2D eigenvalue weighted by Crippen LogP contribution is -2.15. The van der Waals surface area contributed by atoms with Crippen LogP contribution in [0.3, 0.4) is 0 Å². The summed E-state index contributed by atoms with van der Waals surface area (Å²) >= 11 is 0. The van der Waals surface area contributed by atoms with Crippen LogP contribution in [0.25, 0.3) is 0 Å². The Bertz CT molecular complexity index is 250. The highest BCUT2D eigenvalue weighted by Gasteiger charge is 2.06. The van der Waals surface area contributed by atoms with Crippen molar-refractivity contribution in [2.45, 2.75) is 71.1 Å². The molecule has 1 radical (unpaired) electrons. The molecular formula is C13H28NO2S. The maximum Gasteiger partial charge on any atom is 0.227 e. The largest absolute Gasteiger partial charge is 0.227 e. The van der Waals surface area contributed by atoms with Crippen molar-refractivity contribution >= 4 is 10.0 Å². The summed E-state index contributed by atoms with van der Waals surface area (Å²) in [5.74, 6) is 0.222. The Morgan fingerprint density at radius 3 is 1.59 bits per heavy atom. The molecule has 0 amide bonds. The van der Waals surface area contributed by atoms with Crippen LogP contribution in [0.5, 0.6) is 0 Å². The maximum atomic E-state index is 11.1. The Morgan fingerprint density at radius 2 is 1.18 bits per heavy atom. The van der Waals surface area contributed by atoms with E-state index in [1.54, 1.807) is 0 Å². The summed E-state index contributed by atoms with van der Waals surface area (Å²) in [7, 11) is -1.75. The minimum Gasteiger partial charge on any atom is -0.211 e. The van der Waals surface area contributed by atoms with Crippen molar-refractivity contribution in [1.29, 1.82) is 0 Å². The van der Waals surface area contributed by atoms with Crippen molar-refractivity contribution < 1.29 is 8.42 Å². The molecule has 0 saturated carbocycles. The van der Waals surface area contributed by atoms with Crippen molar-refractivity contribution in [3.8, 4) is 0 Å². The fourth-order valence-corrected chi connectivity index (χ4v) is 2.61.